The van der Waals surface area contributed by atoms with E-state index in [1.165, 1.54) is 0 Å². The Morgan fingerprint density at radius 3 is 2.27 bits per heavy atom. The van der Waals surface area contributed by atoms with Crippen molar-refractivity contribution in [3.05, 3.63) is 15.6 Å². The minimum atomic E-state index is -0.528. The number of carbonyl (C=O) groups excluding carboxylic acids is 1. The predicted octanol–water partition coefficient (Wildman–Crippen LogP) is 5.12. The van der Waals surface area contributed by atoms with Crippen LogP contribution in [0.25, 0.3) is 10.9 Å². The molecule has 2 saturated heterocycles. The van der Waals surface area contributed by atoms with Crippen LogP contribution in [0.1, 0.15) is 46.5 Å². The number of rotatable bonds is 5. The number of piperidine rings is 1. The third kappa shape index (κ3) is 6.34. The van der Waals surface area contributed by atoms with E-state index in [9.17, 15) is 4.79 Å². The van der Waals surface area contributed by atoms with Crippen molar-refractivity contribution in [2.75, 3.05) is 51.2 Å². The molecule has 1 aromatic heterocycles. The summed E-state index contributed by atoms with van der Waals surface area (Å²) in [5, 5.41) is 1.36. The van der Waals surface area contributed by atoms with Crippen molar-refractivity contribution in [3.63, 3.8) is 0 Å². The third-order valence-corrected chi connectivity index (χ3v) is 8.09. The van der Waals surface area contributed by atoms with Crippen LogP contribution in [0, 0.1) is 0 Å². The van der Waals surface area contributed by atoms with Crippen LogP contribution in [-0.4, -0.2) is 90.0 Å². The maximum atomic E-state index is 12.6. The SMILES string of the molecule is CN1CCC(Oc2nc(N3CCN(C(=O)OC(C)(C)C)CC3)c3cc(Cl)c(Br)c(OC4CC4)c3n2)CC1. The van der Waals surface area contributed by atoms with Crippen molar-refractivity contribution >= 4 is 50.3 Å². The monoisotopic (exact) mass is 595 g/mol. The molecule has 1 aromatic carbocycles. The molecule has 0 unspecified atom stereocenters. The topological polar surface area (TPSA) is 80.3 Å². The smallest absolute Gasteiger partial charge is 0.410 e. The van der Waals surface area contributed by atoms with Gasteiger partial charge in [-0.3, -0.25) is 0 Å². The normalized spacial score (nSPS) is 19.8. The zero-order valence-corrected chi connectivity index (χ0v) is 24.3. The number of piperazine rings is 1. The number of hydrogen-bond donors (Lipinski definition) is 0. The number of nitrogens with zero attached hydrogens (tertiary/aromatic N) is 5. The van der Waals surface area contributed by atoms with E-state index in [1.54, 1.807) is 4.90 Å². The number of benzene rings is 1. The second-order valence-corrected chi connectivity index (χ2v) is 12.3. The summed E-state index contributed by atoms with van der Waals surface area (Å²) in [4.78, 5) is 28.5. The van der Waals surface area contributed by atoms with Gasteiger partial charge in [0.05, 0.1) is 15.6 Å². The largest absolute Gasteiger partial charge is 0.487 e. The van der Waals surface area contributed by atoms with E-state index in [2.05, 4.69) is 32.8 Å². The number of amides is 1. The van der Waals surface area contributed by atoms with Crippen molar-refractivity contribution < 1.29 is 19.0 Å². The summed E-state index contributed by atoms with van der Waals surface area (Å²) in [7, 11) is 2.13. The lowest BCUT2D eigenvalue weighted by atomic mass is 10.1. The van der Waals surface area contributed by atoms with Gasteiger partial charge in [-0.05, 0) is 75.5 Å². The number of ether oxygens (including phenoxy) is 3. The fourth-order valence-corrected chi connectivity index (χ4v) is 5.17. The summed E-state index contributed by atoms with van der Waals surface area (Å²) in [6.07, 6.45) is 3.84. The molecule has 1 aliphatic carbocycles. The maximum absolute atomic E-state index is 12.6. The summed E-state index contributed by atoms with van der Waals surface area (Å²) < 4.78 is 18.9. The molecule has 3 aliphatic rings. The van der Waals surface area contributed by atoms with E-state index in [-0.39, 0.29) is 18.3 Å². The average Bonchev–Trinajstić information content (AvgIpc) is 3.67. The summed E-state index contributed by atoms with van der Waals surface area (Å²) in [5.74, 6) is 1.38. The Morgan fingerprint density at radius 2 is 1.65 bits per heavy atom. The van der Waals surface area contributed by atoms with Crippen molar-refractivity contribution in [2.45, 2.75) is 64.3 Å². The zero-order chi connectivity index (χ0) is 26.3. The van der Waals surface area contributed by atoms with Gasteiger partial charge in [0.2, 0.25) is 0 Å². The molecular formula is C26H35BrClN5O4. The van der Waals surface area contributed by atoms with E-state index in [0.29, 0.717) is 53.0 Å². The van der Waals surface area contributed by atoms with E-state index < -0.39 is 5.60 Å². The number of carbonyl (C=O) groups is 1. The second-order valence-electron chi connectivity index (χ2n) is 11.1. The molecule has 1 amide bonds. The van der Waals surface area contributed by atoms with Crippen molar-refractivity contribution in [2.24, 2.45) is 0 Å². The molecular weight excluding hydrogens is 562 g/mol. The van der Waals surface area contributed by atoms with Crippen LogP contribution in [-0.2, 0) is 4.74 Å². The van der Waals surface area contributed by atoms with Gasteiger partial charge in [-0.25, -0.2) is 4.79 Å². The van der Waals surface area contributed by atoms with Gasteiger partial charge >= 0.3 is 12.1 Å². The minimum absolute atomic E-state index is 0.0639. The number of aromatic nitrogens is 2. The molecule has 0 atom stereocenters. The molecule has 0 N–H and O–H groups in total. The minimum Gasteiger partial charge on any atom is -0.487 e. The molecule has 11 heteroatoms. The van der Waals surface area contributed by atoms with Gasteiger partial charge in [0.15, 0.2) is 5.75 Å². The quantitative estimate of drug-likeness (QED) is 0.471. The van der Waals surface area contributed by atoms with Crippen LogP contribution in [0.5, 0.6) is 11.8 Å². The van der Waals surface area contributed by atoms with Gasteiger partial charge < -0.3 is 28.9 Å². The molecule has 37 heavy (non-hydrogen) atoms. The Morgan fingerprint density at radius 1 is 1.00 bits per heavy atom. The molecule has 3 heterocycles. The predicted molar refractivity (Wildman–Crippen MR) is 147 cm³/mol. The zero-order valence-electron chi connectivity index (χ0n) is 21.9. The Labute approximate surface area is 231 Å². The number of halogens is 2. The molecule has 0 radical (unpaired) electrons. The summed E-state index contributed by atoms with van der Waals surface area (Å²) >= 11 is 10.3. The lowest BCUT2D eigenvalue weighted by Gasteiger charge is -2.36. The lowest BCUT2D eigenvalue weighted by molar-refractivity contribution is 0.0240. The van der Waals surface area contributed by atoms with E-state index >= 15 is 0 Å². The molecule has 2 aliphatic heterocycles. The number of fused-ring (bicyclic) bond motifs is 1. The van der Waals surface area contributed by atoms with Gasteiger partial charge in [-0.2, -0.15) is 9.97 Å². The van der Waals surface area contributed by atoms with Crippen LogP contribution < -0.4 is 14.4 Å². The molecule has 3 fully saturated rings. The molecule has 1 saturated carbocycles. The van der Waals surface area contributed by atoms with Crippen LogP contribution in [0.4, 0.5) is 10.6 Å². The van der Waals surface area contributed by atoms with Gasteiger partial charge in [-0.1, -0.05) is 11.6 Å². The summed E-state index contributed by atoms with van der Waals surface area (Å²) in [6, 6.07) is 2.23. The Kier molecular flexibility index (Phi) is 7.62. The Balaban J connectivity index is 1.46. The first-order chi connectivity index (χ1) is 17.6. The highest BCUT2D eigenvalue weighted by Gasteiger charge is 2.31. The van der Waals surface area contributed by atoms with Gasteiger partial charge in [0.25, 0.3) is 0 Å². The van der Waals surface area contributed by atoms with E-state index in [0.717, 1.165) is 50.0 Å². The summed E-state index contributed by atoms with van der Waals surface area (Å²) in [5.41, 5.74) is 0.157. The second kappa shape index (κ2) is 10.6. The molecule has 5 rings (SSSR count). The lowest BCUT2D eigenvalue weighted by Crippen LogP contribution is -2.50. The average molecular weight is 597 g/mol. The molecule has 0 bridgehead atoms. The third-order valence-electron chi connectivity index (χ3n) is 6.78. The number of hydrogen-bond acceptors (Lipinski definition) is 8. The molecule has 9 nitrogen and oxygen atoms in total. The maximum Gasteiger partial charge on any atom is 0.410 e. The Hall–Kier alpha value is -2.04. The highest BCUT2D eigenvalue weighted by molar-refractivity contribution is 9.10. The van der Waals surface area contributed by atoms with E-state index in [1.807, 2.05) is 26.8 Å². The van der Waals surface area contributed by atoms with Crippen LogP contribution in [0.15, 0.2) is 10.5 Å². The molecule has 202 valence electrons. The van der Waals surface area contributed by atoms with Gasteiger partial charge in [0, 0.05) is 44.7 Å². The van der Waals surface area contributed by atoms with E-state index in [4.69, 9.17) is 35.8 Å². The number of likely N-dealkylation sites (tertiary alicyclic amines) is 1. The Bertz CT molecular complexity index is 1160. The highest BCUT2D eigenvalue weighted by atomic mass is 79.9. The van der Waals surface area contributed by atoms with Crippen LogP contribution >= 0.6 is 27.5 Å². The fourth-order valence-electron chi connectivity index (χ4n) is 4.58. The van der Waals surface area contributed by atoms with Crippen LogP contribution in [0.2, 0.25) is 5.02 Å². The fraction of sp³-hybridized carbons (Fsp3) is 0.654. The first-order valence-electron chi connectivity index (χ1n) is 13.0. The number of anilines is 1. The van der Waals surface area contributed by atoms with Gasteiger partial charge in [0.1, 0.15) is 23.0 Å². The highest BCUT2D eigenvalue weighted by Crippen LogP contribution is 2.44. The van der Waals surface area contributed by atoms with Crippen molar-refractivity contribution in [1.29, 1.82) is 0 Å². The van der Waals surface area contributed by atoms with Crippen molar-refractivity contribution in [3.8, 4) is 11.8 Å². The van der Waals surface area contributed by atoms with Crippen LogP contribution in [0.3, 0.4) is 0 Å². The van der Waals surface area contributed by atoms with Crippen molar-refractivity contribution in [1.82, 2.24) is 19.8 Å². The first kappa shape index (κ1) is 26.6. The standard InChI is InChI=1S/C26H35BrClN5O4/c1-26(2,3)37-25(34)33-13-11-32(12-14-33)23-18-15-19(28)20(27)22(35-16-5-6-16)21(18)29-24(30-23)36-17-7-9-31(4)10-8-17/h15-17H,5-14H2,1-4H3. The molecule has 0 spiro atoms. The molecule has 2 aromatic rings. The van der Waals surface area contributed by atoms with Gasteiger partial charge in [-0.15, -0.1) is 0 Å². The summed E-state index contributed by atoms with van der Waals surface area (Å²) in [6.45, 7) is 9.86. The first-order valence-corrected chi connectivity index (χ1v) is 14.2.